The first kappa shape index (κ1) is 14.0. The van der Waals surface area contributed by atoms with Crippen LogP contribution in [0.1, 0.15) is 44.1 Å². The molecule has 0 aromatic heterocycles. The smallest absolute Gasteiger partial charge is 0.160 e. The molecule has 110 valence electrons. The predicted molar refractivity (Wildman–Crippen MR) is 76.0 cm³/mol. The lowest BCUT2D eigenvalue weighted by molar-refractivity contribution is -0.226. The van der Waals surface area contributed by atoms with Gasteiger partial charge in [0.15, 0.2) is 6.29 Å². The van der Waals surface area contributed by atoms with Crippen LogP contribution in [0.25, 0.3) is 0 Å². The third kappa shape index (κ3) is 3.21. The molecule has 20 heavy (non-hydrogen) atoms. The van der Waals surface area contributed by atoms with Crippen LogP contribution in [0.3, 0.4) is 0 Å². The first-order valence-corrected chi connectivity index (χ1v) is 7.71. The van der Waals surface area contributed by atoms with E-state index in [2.05, 4.69) is 6.92 Å². The van der Waals surface area contributed by atoms with Crippen molar-refractivity contribution in [3.05, 3.63) is 35.6 Å². The summed E-state index contributed by atoms with van der Waals surface area (Å²) >= 11 is 0. The minimum absolute atomic E-state index is 0.000341. The van der Waals surface area contributed by atoms with Crippen molar-refractivity contribution in [3.8, 4) is 0 Å². The van der Waals surface area contributed by atoms with Gasteiger partial charge in [0.2, 0.25) is 0 Å². The van der Waals surface area contributed by atoms with Gasteiger partial charge in [0.05, 0.1) is 13.2 Å². The van der Waals surface area contributed by atoms with Crippen LogP contribution < -0.4 is 0 Å². The van der Waals surface area contributed by atoms with Crippen LogP contribution in [0.5, 0.6) is 0 Å². The van der Waals surface area contributed by atoms with Crippen LogP contribution in [-0.4, -0.2) is 19.5 Å². The van der Waals surface area contributed by atoms with Crippen molar-refractivity contribution >= 4 is 0 Å². The van der Waals surface area contributed by atoms with Crippen molar-refractivity contribution < 1.29 is 13.9 Å². The Balaban J connectivity index is 1.53. The second kappa shape index (κ2) is 6.23. The first-order valence-electron chi connectivity index (χ1n) is 7.71. The number of halogens is 1. The van der Waals surface area contributed by atoms with Gasteiger partial charge in [0.1, 0.15) is 5.82 Å². The molecule has 1 heterocycles. The fraction of sp³-hybridized carbons (Fsp3) is 0.647. The van der Waals surface area contributed by atoms with Gasteiger partial charge >= 0.3 is 0 Å². The molecule has 1 aromatic rings. The molecule has 0 spiro atoms. The molecule has 3 rings (SSSR count). The molecule has 0 N–H and O–H groups in total. The van der Waals surface area contributed by atoms with Crippen molar-refractivity contribution in [2.45, 2.75) is 44.8 Å². The van der Waals surface area contributed by atoms with Gasteiger partial charge in [-0.05, 0) is 49.3 Å². The molecule has 2 fully saturated rings. The molecule has 2 nitrogen and oxygen atoms in total. The van der Waals surface area contributed by atoms with Gasteiger partial charge in [-0.25, -0.2) is 4.39 Å². The summed E-state index contributed by atoms with van der Waals surface area (Å²) in [7, 11) is 0. The van der Waals surface area contributed by atoms with Crippen LogP contribution in [0.4, 0.5) is 4.39 Å². The summed E-state index contributed by atoms with van der Waals surface area (Å²) < 4.78 is 24.6. The highest BCUT2D eigenvalue weighted by Gasteiger charge is 2.31. The van der Waals surface area contributed by atoms with Crippen molar-refractivity contribution in [3.63, 3.8) is 0 Å². The Labute approximate surface area is 120 Å². The van der Waals surface area contributed by atoms with E-state index in [0.29, 0.717) is 17.8 Å². The average Bonchev–Trinajstić information content (AvgIpc) is 2.49. The molecule has 0 radical (unpaired) electrons. The SMILES string of the molecule is CC1COC(C2CCC(c3ccc(F)cc3)CC2)OC1. The first-order chi connectivity index (χ1) is 9.72. The topological polar surface area (TPSA) is 18.5 Å². The van der Waals surface area contributed by atoms with E-state index in [4.69, 9.17) is 9.47 Å². The highest BCUT2D eigenvalue weighted by molar-refractivity contribution is 5.20. The lowest BCUT2D eigenvalue weighted by atomic mass is 9.78. The summed E-state index contributed by atoms with van der Waals surface area (Å²) in [4.78, 5) is 0. The summed E-state index contributed by atoms with van der Waals surface area (Å²) in [6.45, 7) is 3.80. The quantitative estimate of drug-likeness (QED) is 0.810. The Morgan fingerprint density at radius 1 is 0.950 bits per heavy atom. The Morgan fingerprint density at radius 2 is 1.55 bits per heavy atom. The highest BCUT2D eigenvalue weighted by atomic mass is 19.1. The molecule has 1 aromatic carbocycles. The highest BCUT2D eigenvalue weighted by Crippen LogP contribution is 2.38. The molecule has 1 saturated heterocycles. The number of benzene rings is 1. The summed E-state index contributed by atoms with van der Waals surface area (Å²) in [5.74, 6) is 1.45. The Kier molecular flexibility index (Phi) is 4.37. The molecule has 2 aliphatic rings. The molecule has 0 unspecified atom stereocenters. The molecule has 1 aliphatic carbocycles. The monoisotopic (exact) mass is 278 g/mol. The Hall–Kier alpha value is -0.930. The normalized spacial score (nSPS) is 34.9. The van der Waals surface area contributed by atoms with Crippen LogP contribution in [0.15, 0.2) is 24.3 Å². The van der Waals surface area contributed by atoms with Gasteiger partial charge in [-0.3, -0.25) is 0 Å². The summed E-state index contributed by atoms with van der Waals surface area (Å²) in [5.41, 5.74) is 1.27. The largest absolute Gasteiger partial charge is 0.352 e. The van der Waals surface area contributed by atoms with Crippen molar-refractivity contribution in [1.29, 1.82) is 0 Å². The number of rotatable bonds is 2. The van der Waals surface area contributed by atoms with Crippen LogP contribution >= 0.6 is 0 Å². The minimum Gasteiger partial charge on any atom is -0.352 e. The molecule has 3 heteroatoms. The maximum Gasteiger partial charge on any atom is 0.160 e. The zero-order valence-electron chi connectivity index (χ0n) is 12.1. The average molecular weight is 278 g/mol. The van der Waals surface area contributed by atoms with E-state index in [0.717, 1.165) is 38.9 Å². The molecular weight excluding hydrogens is 255 g/mol. The zero-order chi connectivity index (χ0) is 13.9. The molecular formula is C17H23FO2. The van der Waals surface area contributed by atoms with Crippen LogP contribution in [0, 0.1) is 17.7 Å². The lowest BCUT2D eigenvalue weighted by Crippen LogP contribution is -2.37. The second-order valence-corrected chi connectivity index (χ2v) is 6.30. The number of hydrogen-bond acceptors (Lipinski definition) is 2. The zero-order valence-corrected chi connectivity index (χ0v) is 12.1. The molecule has 0 bridgehead atoms. The number of ether oxygens (including phenoxy) is 2. The fourth-order valence-electron chi connectivity index (χ4n) is 3.35. The Morgan fingerprint density at radius 3 is 2.15 bits per heavy atom. The van der Waals surface area contributed by atoms with E-state index in [9.17, 15) is 4.39 Å². The third-order valence-corrected chi connectivity index (χ3v) is 4.59. The maximum atomic E-state index is 13.0. The fourth-order valence-corrected chi connectivity index (χ4v) is 3.35. The molecule has 0 amide bonds. The third-order valence-electron chi connectivity index (χ3n) is 4.59. The van der Waals surface area contributed by atoms with Gasteiger partial charge in [-0.15, -0.1) is 0 Å². The van der Waals surface area contributed by atoms with E-state index >= 15 is 0 Å². The lowest BCUT2D eigenvalue weighted by Gasteiger charge is -2.37. The van der Waals surface area contributed by atoms with E-state index in [1.165, 1.54) is 5.56 Å². The standard InChI is InChI=1S/C17H23FO2/c1-12-10-19-17(20-11-12)15-4-2-13(3-5-15)14-6-8-16(18)9-7-14/h6-9,12-13,15,17H,2-5,10-11H2,1H3. The van der Waals surface area contributed by atoms with Gasteiger partial charge in [-0.1, -0.05) is 19.1 Å². The predicted octanol–water partition coefficient (Wildman–Crippen LogP) is 4.11. The van der Waals surface area contributed by atoms with Gasteiger partial charge in [-0.2, -0.15) is 0 Å². The molecule has 0 atom stereocenters. The van der Waals surface area contributed by atoms with E-state index in [-0.39, 0.29) is 12.1 Å². The maximum absolute atomic E-state index is 13.0. The van der Waals surface area contributed by atoms with Crippen molar-refractivity contribution in [2.75, 3.05) is 13.2 Å². The minimum atomic E-state index is -0.152. The summed E-state index contributed by atoms with van der Waals surface area (Å²) in [6.07, 6.45) is 4.58. The van der Waals surface area contributed by atoms with E-state index in [1.54, 1.807) is 12.1 Å². The molecule has 1 saturated carbocycles. The van der Waals surface area contributed by atoms with Gasteiger partial charge < -0.3 is 9.47 Å². The van der Waals surface area contributed by atoms with Crippen LogP contribution in [0.2, 0.25) is 0 Å². The summed E-state index contributed by atoms with van der Waals surface area (Å²) in [6, 6.07) is 6.98. The van der Waals surface area contributed by atoms with Crippen molar-refractivity contribution in [2.24, 2.45) is 11.8 Å². The van der Waals surface area contributed by atoms with Gasteiger partial charge in [0, 0.05) is 11.8 Å². The Bertz CT molecular complexity index is 415. The number of hydrogen-bond donors (Lipinski definition) is 0. The van der Waals surface area contributed by atoms with Crippen LogP contribution in [-0.2, 0) is 9.47 Å². The second-order valence-electron chi connectivity index (χ2n) is 6.30. The summed E-state index contributed by atoms with van der Waals surface area (Å²) in [5, 5.41) is 0. The van der Waals surface area contributed by atoms with E-state index < -0.39 is 0 Å². The van der Waals surface area contributed by atoms with E-state index in [1.807, 2.05) is 12.1 Å². The van der Waals surface area contributed by atoms with Crippen molar-refractivity contribution in [1.82, 2.24) is 0 Å². The molecule has 1 aliphatic heterocycles. The van der Waals surface area contributed by atoms with Gasteiger partial charge in [0.25, 0.3) is 0 Å².